The van der Waals surface area contributed by atoms with E-state index in [0.717, 1.165) is 6.26 Å². The van der Waals surface area contributed by atoms with E-state index in [2.05, 4.69) is 0 Å². The van der Waals surface area contributed by atoms with Crippen molar-refractivity contribution in [3.8, 4) is 0 Å². The molecular formula is C9H19N3O4S2. The summed E-state index contributed by atoms with van der Waals surface area (Å²) in [7, 11) is -6.80. The second-order valence-corrected chi connectivity index (χ2v) is 8.92. The van der Waals surface area contributed by atoms with E-state index in [4.69, 9.17) is 11.1 Å². The predicted molar refractivity (Wildman–Crippen MR) is 69.7 cm³/mol. The molecule has 0 radical (unpaired) electrons. The minimum Gasteiger partial charge on any atom is -0.387 e. The molecule has 0 amide bonds. The average Bonchev–Trinajstić information content (AvgIpc) is 2.26. The fraction of sp³-hybridized carbons (Fsp3) is 0.889. The van der Waals surface area contributed by atoms with Crippen LogP contribution in [0, 0.1) is 11.3 Å². The number of rotatable bonds is 5. The van der Waals surface area contributed by atoms with Gasteiger partial charge >= 0.3 is 0 Å². The van der Waals surface area contributed by atoms with E-state index in [0.29, 0.717) is 25.9 Å². The Morgan fingerprint density at radius 3 is 2.11 bits per heavy atom. The summed E-state index contributed by atoms with van der Waals surface area (Å²) >= 11 is 0. The zero-order chi connectivity index (χ0) is 14.0. The van der Waals surface area contributed by atoms with E-state index in [1.165, 1.54) is 4.31 Å². The van der Waals surface area contributed by atoms with Crippen molar-refractivity contribution in [3.05, 3.63) is 0 Å². The molecule has 0 saturated carbocycles. The van der Waals surface area contributed by atoms with Crippen LogP contribution in [0.3, 0.4) is 0 Å². The van der Waals surface area contributed by atoms with Crippen LogP contribution >= 0.6 is 0 Å². The highest BCUT2D eigenvalue weighted by molar-refractivity contribution is 7.93. The summed E-state index contributed by atoms with van der Waals surface area (Å²) in [4.78, 5) is 0. The number of nitrogens with two attached hydrogens (primary N) is 1. The number of hydrogen-bond acceptors (Lipinski definition) is 5. The van der Waals surface area contributed by atoms with Crippen LogP contribution in [-0.2, 0) is 19.9 Å². The van der Waals surface area contributed by atoms with Crippen molar-refractivity contribution in [2.45, 2.75) is 12.8 Å². The van der Waals surface area contributed by atoms with Gasteiger partial charge in [0.05, 0.1) is 17.3 Å². The van der Waals surface area contributed by atoms with Crippen LogP contribution < -0.4 is 5.73 Å². The lowest BCUT2D eigenvalue weighted by atomic mass is 9.97. The Bertz CT molecular complexity index is 504. The van der Waals surface area contributed by atoms with Gasteiger partial charge in [-0.2, -0.15) is 0 Å². The molecule has 1 aliphatic rings. The summed E-state index contributed by atoms with van der Waals surface area (Å²) in [5, 5.41) is 7.30. The van der Waals surface area contributed by atoms with Crippen molar-refractivity contribution < 1.29 is 16.8 Å². The molecule has 1 rings (SSSR count). The van der Waals surface area contributed by atoms with Crippen LogP contribution in [0.2, 0.25) is 0 Å². The van der Waals surface area contributed by atoms with Crippen LogP contribution in [-0.4, -0.2) is 57.8 Å². The molecule has 0 spiro atoms. The molecule has 0 aromatic heterocycles. The minimum atomic E-state index is -3.52. The molecule has 0 aliphatic carbocycles. The van der Waals surface area contributed by atoms with Gasteiger partial charge in [-0.05, 0) is 12.8 Å². The number of nitrogens with zero attached hydrogens (tertiary/aromatic N) is 1. The maximum absolute atomic E-state index is 11.9. The molecule has 0 atom stereocenters. The molecule has 9 heteroatoms. The Labute approximate surface area is 108 Å². The van der Waals surface area contributed by atoms with E-state index in [1.807, 2.05) is 0 Å². The van der Waals surface area contributed by atoms with Crippen molar-refractivity contribution in [2.24, 2.45) is 11.7 Å². The summed E-state index contributed by atoms with van der Waals surface area (Å²) in [6.45, 7) is 0.604. The molecule has 18 heavy (non-hydrogen) atoms. The molecule has 1 fully saturated rings. The molecule has 1 heterocycles. The third-order valence-electron chi connectivity index (χ3n) is 3.00. The zero-order valence-corrected chi connectivity index (χ0v) is 11.9. The Hall–Kier alpha value is -0.670. The third kappa shape index (κ3) is 4.54. The quantitative estimate of drug-likeness (QED) is 0.498. The normalized spacial score (nSPS) is 19.8. The van der Waals surface area contributed by atoms with Crippen molar-refractivity contribution in [3.63, 3.8) is 0 Å². The first-order valence-electron chi connectivity index (χ1n) is 5.61. The number of nitrogens with one attached hydrogen (secondary N) is 1. The number of amidine groups is 1. The van der Waals surface area contributed by atoms with Gasteiger partial charge in [0.2, 0.25) is 10.0 Å². The smallest absolute Gasteiger partial charge is 0.215 e. The van der Waals surface area contributed by atoms with Gasteiger partial charge in [-0.3, -0.25) is 5.41 Å². The lowest BCUT2D eigenvalue weighted by Gasteiger charge is -2.30. The highest BCUT2D eigenvalue weighted by Gasteiger charge is 2.29. The van der Waals surface area contributed by atoms with Crippen molar-refractivity contribution in [1.82, 2.24) is 4.31 Å². The SMILES string of the molecule is CS(=O)(=O)CCS(=O)(=O)N1CCC(C(=N)N)CC1. The predicted octanol–water partition coefficient (Wildman–Crippen LogP) is -0.991. The maximum atomic E-state index is 11.9. The molecule has 0 aromatic carbocycles. The molecule has 0 unspecified atom stereocenters. The monoisotopic (exact) mass is 297 g/mol. The Morgan fingerprint density at radius 2 is 1.72 bits per heavy atom. The second kappa shape index (κ2) is 5.54. The maximum Gasteiger partial charge on any atom is 0.215 e. The van der Waals surface area contributed by atoms with Crippen LogP contribution in [0.15, 0.2) is 0 Å². The second-order valence-electron chi connectivity index (χ2n) is 4.57. The van der Waals surface area contributed by atoms with Crippen molar-refractivity contribution in [2.75, 3.05) is 30.9 Å². The molecule has 1 saturated heterocycles. The van der Waals surface area contributed by atoms with Gasteiger partial charge in [0.1, 0.15) is 9.84 Å². The average molecular weight is 297 g/mol. The van der Waals surface area contributed by atoms with Gasteiger partial charge in [-0.25, -0.2) is 21.1 Å². The first-order chi connectivity index (χ1) is 8.12. The van der Waals surface area contributed by atoms with E-state index in [1.54, 1.807) is 0 Å². The van der Waals surface area contributed by atoms with Gasteiger partial charge in [0, 0.05) is 25.3 Å². The molecule has 0 bridgehead atoms. The Kier molecular flexibility index (Phi) is 4.73. The molecule has 7 nitrogen and oxygen atoms in total. The van der Waals surface area contributed by atoms with Crippen LogP contribution in [0.25, 0.3) is 0 Å². The molecular weight excluding hydrogens is 278 g/mol. The highest BCUT2D eigenvalue weighted by atomic mass is 32.2. The third-order valence-corrected chi connectivity index (χ3v) is 6.08. The lowest BCUT2D eigenvalue weighted by Crippen LogP contribution is -2.43. The fourth-order valence-electron chi connectivity index (χ4n) is 1.83. The van der Waals surface area contributed by atoms with E-state index >= 15 is 0 Å². The highest BCUT2D eigenvalue weighted by Crippen LogP contribution is 2.19. The van der Waals surface area contributed by atoms with Gasteiger partial charge < -0.3 is 5.73 Å². The van der Waals surface area contributed by atoms with Crippen LogP contribution in [0.5, 0.6) is 0 Å². The lowest BCUT2D eigenvalue weighted by molar-refractivity contribution is 0.315. The zero-order valence-electron chi connectivity index (χ0n) is 10.3. The largest absolute Gasteiger partial charge is 0.387 e. The minimum absolute atomic E-state index is 0.0636. The summed E-state index contributed by atoms with van der Waals surface area (Å²) < 4.78 is 47.0. The Morgan fingerprint density at radius 1 is 1.22 bits per heavy atom. The number of sulfonamides is 1. The number of piperidine rings is 1. The first kappa shape index (κ1) is 15.4. The summed E-state index contributed by atoms with van der Waals surface area (Å²) in [6, 6.07) is 0. The van der Waals surface area contributed by atoms with Crippen LogP contribution in [0.4, 0.5) is 0 Å². The van der Waals surface area contributed by atoms with E-state index < -0.39 is 19.9 Å². The van der Waals surface area contributed by atoms with Gasteiger partial charge in [0.25, 0.3) is 0 Å². The number of sulfone groups is 1. The molecule has 3 N–H and O–H groups in total. The Balaban J connectivity index is 2.58. The van der Waals surface area contributed by atoms with E-state index in [9.17, 15) is 16.8 Å². The molecule has 0 aromatic rings. The van der Waals surface area contributed by atoms with Gasteiger partial charge in [-0.1, -0.05) is 0 Å². The van der Waals surface area contributed by atoms with Gasteiger partial charge in [-0.15, -0.1) is 0 Å². The summed E-state index contributed by atoms with van der Waals surface area (Å²) in [5.74, 6) is -0.715. The van der Waals surface area contributed by atoms with Crippen LogP contribution in [0.1, 0.15) is 12.8 Å². The first-order valence-corrected chi connectivity index (χ1v) is 9.28. The topological polar surface area (TPSA) is 121 Å². The van der Waals surface area contributed by atoms with E-state index in [-0.39, 0.29) is 23.3 Å². The molecule has 1 aliphatic heterocycles. The van der Waals surface area contributed by atoms with Crippen molar-refractivity contribution >= 4 is 25.7 Å². The van der Waals surface area contributed by atoms with Crippen molar-refractivity contribution in [1.29, 1.82) is 5.41 Å². The summed E-state index contributed by atoms with van der Waals surface area (Å²) in [6.07, 6.45) is 2.06. The summed E-state index contributed by atoms with van der Waals surface area (Å²) in [5.41, 5.74) is 5.37. The van der Waals surface area contributed by atoms with Gasteiger partial charge in [0.15, 0.2) is 0 Å². The molecule has 106 valence electrons. The number of hydrogen-bond donors (Lipinski definition) is 2. The standard InChI is InChI=1S/C9H19N3O4S2/c1-17(13,14)6-7-18(15,16)12-4-2-8(3-5-12)9(10)11/h8H,2-7H2,1H3,(H3,10,11). The fourth-order valence-corrected chi connectivity index (χ4v) is 4.91.